The van der Waals surface area contributed by atoms with Crippen molar-refractivity contribution >= 4 is 29.2 Å². The summed E-state index contributed by atoms with van der Waals surface area (Å²) >= 11 is 0. The zero-order valence-corrected chi connectivity index (χ0v) is 20.1. The van der Waals surface area contributed by atoms with Crippen molar-refractivity contribution in [2.45, 2.75) is 46.0 Å². The number of rotatable bonds is 9. The van der Waals surface area contributed by atoms with E-state index in [4.69, 9.17) is 4.74 Å². The van der Waals surface area contributed by atoms with E-state index in [1.165, 1.54) is 25.4 Å². The quantitative estimate of drug-likeness (QED) is 0.439. The molecule has 0 unspecified atom stereocenters. The van der Waals surface area contributed by atoms with Gasteiger partial charge in [0.2, 0.25) is 17.8 Å². The van der Waals surface area contributed by atoms with E-state index < -0.39 is 6.61 Å². The number of anilines is 4. The Bertz CT molecular complexity index is 1170. The molecule has 36 heavy (non-hydrogen) atoms. The van der Waals surface area contributed by atoms with E-state index in [0.717, 1.165) is 48.4 Å². The summed E-state index contributed by atoms with van der Waals surface area (Å²) in [6.45, 7) is 2.40. The highest BCUT2D eigenvalue weighted by Crippen LogP contribution is 2.26. The van der Waals surface area contributed by atoms with Gasteiger partial charge in [0, 0.05) is 31.4 Å². The number of benzene rings is 2. The number of hydrogen-bond donors (Lipinski definition) is 2. The van der Waals surface area contributed by atoms with Crippen LogP contribution in [0, 0.1) is 6.92 Å². The van der Waals surface area contributed by atoms with Gasteiger partial charge in [0.05, 0.1) is 12.7 Å². The summed E-state index contributed by atoms with van der Waals surface area (Å²) in [4.78, 5) is 26.7. The molecule has 0 spiro atoms. The first kappa shape index (κ1) is 25.2. The lowest BCUT2D eigenvalue weighted by Crippen LogP contribution is -2.38. The Kier molecular flexibility index (Phi) is 8.21. The molecule has 1 fully saturated rings. The minimum Gasteiger partial charge on any atom is -0.435 e. The van der Waals surface area contributed by atoms with Crippen molar-refractivity contribution in [1.82, 2.24) is 15.0 Å². The summed E-state index contributed by atoms with van der Waals surface area (Å²) in [5.74, 6) is 0.989. The van der Waals surface area contributed by atoms with Crippen molar-refractivity contribution in [3.05, 3.63) is 59.9 Å². The molecule has 2 aromatic carbocycles. The standard InChI is InChI=1S/C25H28F2N6O3/c1-16-21(30-17(2)34)4-3-5-22(16)31-24-28-15-29-25(32-24)33-12-10-19(11-13-33)35-14-18-6-8-20(9-7-18)36-23(26)27/h3-9,15,19,23H,10-14H2,1-2H3,(H,30,34)(H,28,29,31,32). The largest absolute Gasteiger partial charge is 0.435 e. The molecule has 2 heterocycles. The monoisotopic (exact) mass is 498 g/mol. The molecule has 0 aliphatic carbocycles. The fraction of sp³-hybridized carbons (Fsp3) is 0.360. The van der Waals surface area contributed by atoms with E-state index in [1.54, 1.807) is 12.1 Å². The molecular formula is C25H28F2N6O3. The molecule has 2 N–H and O–H groups in total. The second-order valence-corrected chi connectivity index (χ2v) is 8.41. The third kappa shape index (κ3) is 6.85. The summed E-state index contributed by atoms with van der Waals surface area (Å²) in [6.07, 6.45) is 3.16. The van der Waals surface area contributed by atoms with Gasteiger partial charge in [-0.25, -0.2) is 9.97 Å². The number of amides is 1. The average molecular weight is 499 g/mol. The summed E-state index contributed by atoms with van der Waals surface area (Å²) in [7, 11) is 0. The number of nitrogens with one attached hydrogen (secondary N) is 2. The van der Waals surface area contributed by atoms with Crippen molar-refractivity contribution in [3.8, 4) is 5.75 Å². The van der Waals surface area contributed by atoms with Crippen LogP contribution in [0.3, 0.4) is 0 Å². The third-order valence-corrected chi connectivity index (χ3v) is 5.81. The Labute approximate surface area is 207 Å². The molecular weight excluding hydrogens is 470 g/mol. The summed E-state index contributed by atoms with van der Waals surface area (Å²) < 4.78 is 34.9. The Morgan fingerprint density at radius 1 is 1.11 bits per heavy atom. The fourth-order valence-corrected chi connectivity index (χ4v) is 3.92. The third-order valence-electron chi connectivity index (χ3n) is 5.81. The first-order valence-corrected chi connectivity index (χ1v) is 11.6. The molecule has 190 valence electrons. The number of halogens is 2. The molecule has 0 bridgehead atoms. The fourth-order valence-electron chi connectivity index (χ4n) is 3.92. The van der Waals surface area contributed by atoms with Crippen LogP contribution < -0.4 is 20.3 Å². The molecule has 11 heteroatoms. The Balaban J connectivity index is 1.30. The van der Waals surface area contributed by atoms with Crippen LogP contribution in [0.5, 0.6) is 5.75 Å². The number of hydrogen-bond acceptors (Lipinski definition) is 8. The number of nitrogens with zero attached hydrogens (tertiary/aromatic N) is 4. The molecule has 9 nitrogen and oxygen atoms in total. The van der Waals surface area contributed by atoms with Crippen LogP contribution in [-0.4, -0.2) is 46.7 Å². The van der Waals surface area contributed by atoms with Crippen LogP contribution in [0.15, 0.2) is 48.8 Å². The van der Waals surface area contributed by atoms with Gasteiger partial charge in [0.15, 0.2) is 0 Å². The highest BCUT2D eigenvalue weighted by atomic mass is 19.3. The Morgan fingerprint density at radius 3 is 2.53 bits per heavy atom. The second kappa shape index (κ2) is 11.7. The number of piperidine rings is 1. The molecule has 3 aromatic rings. The SMILES string of the molecule is CC(=O)Nc1cccc(Nc2ncnc(N3CCC(OCc4ccc(OC(F)F)cc4)CC3)n2)c1C. The van der Waals surface area contributed by atoms with Gasteiger partial charge in [-0.05, 0) is 55.2 Å². The summed E-state index contributed by atoms with van der Waals surface area (Å²) in [6, 6.07) is 12.0. The predicted molar refractivity (Wildman–Crippen MR) is 132 cm³/mol. The van der Waals surface area contributed by atoms with Gasteiger partial charge >= 0.3 is 6.61 Å². The molecule has 0 atom stereocenters. The Hall–Kier alpha value is -3.86. The van der Waals surface area contributed by atoms with E-state index >= 15 is 0 Å². The zero-order chi connectivity index (χ0) is 25.5. The number of aromatic nitrogens is 3. The van der Waals surface area contributed by atoms with Crippen LogP contribution >= 0.6 is 0 Å². The maximum Gasteiger partial charge on any atom is 0.387 e. The first-order valence-electron chi connectivity index (χ1n) is 11.6. The van der Waals surface area contributed by atoms with E-state index in [1.807, 2.05) is 25.1 Å². The molecule has 4 rings (SSSR count). The number of carbonyl (C=O) groups is 1. The molecule has 1 aliphatic heterocycles. The van der Waals surface area contributed by atoms with Gasteiger partial charge in [-0.2, -0.15) is 13.8 Å². The molecule has 0 saturated carbocycles. The van der Waals surface area contributed by atoms with Crippen LogP contribution in [0.4, 0.5) is 32.1 Å². The van der Waals surface area contributed by atoms with E-state index in [0.29, 0.717) is 18.5 Å². The van der Waals surface area contributed by atoms with Crippen molar-refractivity contribution in [2.75, 3.05) is 28.6 Å². The molecule has 1 aliphatic rings. The van der Waals surface area contributed by atoms with Crippen molar-refractivity contribution < 1.29 is 23.0 Å². The van der Waals surface area contributed by atoms with E-state index in [-0.39, 0.29) is 17.8 Å². The summed E-state index contributed by atoms with van der Waals surface area (Å²) in [5.41, 5.74) is 3.29. The number of carbonyl (C=O) groups excluding carboxylic acids is 1. The second-order valence-electron chi connectivity index (χ2n) is 8.41. The maximum absolute atomic E-state index is 12.3. The molecule has 1 saturated heterocycles. The summed E-state index contributed by atoms with van der Waals surface area (Å²) in [5, 5.41) is 6.02. The molecule has 0 radical (unpaired) electrons. The van der Waals surface area contributed by atoms with Gasteiger partial charge in [-0.3, -0.25) is 4.79 Å². The molecule has 1 amide bonds. The van der Waals surface area contributed by atoms with Crippen LogP contribution in [0.2, 0.25) is 0 Å². The van der Waals surface area contributed by atoms with Gasteiger partial charge < -0.3 is 25.0 Å². The van der Waals surface area contributed by atoms with Crippen molar-refractivity contribution in [1.29, 1.82) is 0 Å². The zero-order valence-electron chi connectivity index (χ0n) is 20.1. The molecule has 1 aromatic heterocycles. The Morgan fingerprint density at radius 2 is 1.83 bits per heavy atom. The van der Waals surface area contributed by atoms with Crippen molar-refractivity contribution in [2.24, 2.45) is 0 Å². The van der Waals surface area contributed by atoms with E-state index in [9.17, 15) is 13.6 Å². The average Bonchev–Trinajstić information content (AvgIpc) is 2.86. The van der Waals surface area contributed by atoms with Gasteiger partial charge in [-0.15, -0.1) is 0 Å². The lowest BCUT2D eigenvalue weighted by molar-refractivity contribution is -0.114. The van der Waals surface area contributed by atoms with Gasteiger partial charge in [0.25, 0.3) is 0 Å². The lowest BCUT2D eigenvalue weighted by atomic mass is 10.1. The minimum absolute atomic E-state index is 0.0804. The highest BCUT2D eigenvalue weighted by molar-refractivity contribution is 5.90. The van der Waals surface area contributed by atoms with Gasteiger partial charge in [-0.1, -0.05) is 18.2 Å². The lowest BCUT2D eigenvalue weighted by Gasteiger charge is -2.32. The topological polar surface area (TPSA) is 102 Å². The highest BCUT2D eigenvalue weighted by Gasteiger charge is 2.22. The van der Waals surface area contributed by atoms with Crippen LogP contribution in [-0.2, 0) is 16.1 Å². The van der Waals surface area contributed by atoms with E-state index in [2.05, 4.69) is 35.2 Å². The van der Waals surface area contributed by atoms with Crippen LogP contribution in [0.1, 0.15) is 30.9 Å². The van der Waals surface area contributed by atoms with Gasteiger partial charge in [0.1, 0.15) is 12.1 Å². The van der Waals surface area contributed by atoms with Crippen molar-refractivity contribution in [3.63, 3.8) is 0 Å². The van der Waals surface area contributed by atoms with Crippen LogP contribution in [0.25, 0.3) is 0 Å². The smallest absolute Gasteiger partial charge is 0.387 e. The minimum atomic E-state index is -2.83. The number of ether oxygens (including phenoxy) is 2. The predicted octanol–water partition coefficient (Wildman–Crippen LogP) is 4.67. The number of alkyl halides is 2. The maximum atomic E-state index is 12.3. The normalized spacial score (nSPS) is 14.1. The first-order chi connectivity index (χ1) is 17.4.